The minimum atomic E-state index is -0.456. The Morgan fingerprint density at radius 2 is 2.15 bits per heavy atom. The smallest absolute Gasteiger partial charge is 0.338 e. The molecule has 4 nitrogen and oxygen atoms in total. The summed E-state index contributed by atoms with van der Waals surface area (Å²) >= 11 is 0. The van der Waals surface area contributed by atoms with Gasteiger partial charge in [0.2, 0.25) is 0 Å². The van der Waals surface area contributed by atoms with Crippen molar-refractivity contribution >= 4 is 11.7 Å². The lowest BCUT2D eigenvalue weighted by Gasteiger charge is -2.02. The molecule has 1 aromatic carbocycles. The van der Waals surface area contributed by atoms with E-state index in [-0.39, 0.29) is 5.69 Å². The second-order valence-corrected chi connectivity index (χ2v) is 2.58. The molecule has 0 spiro atoms. The lowest BCUT2D eigenvalue weighted by atomic mass is 10.1. The van der Waals surface area contributed by atoms with Gasteiger partial charge >= 0.3 is 5.97 Å². The molecule has 68 valence electrons. The van der Waals surface area contributed by atoms with E-state index >= 15 is 0 Å². The summed E-state index contributed by atoms with van der Waals surface area (Å²) in [7, 11) is 1.29. The number of carbonyl (C=O) groups is 1. The fourth-order valence-electron chi connectivity index (χ4n) is 0.997. The van der Waals surface area contributed by atoms with Gasteiger partial charge < -0.3 is 4.74 Å². The number of nitroso groups, excluding NO2 is 1. The van der Waals surface area contributed by atoms with Gasteiger partial charge in [-0.2, -0.15) is 0 Å². The number of aryl methyl sites for hydroxylation is 1. The molecule has 0 saturated heterocycles. The zero-order valence-corrected chi connectivity index (χ0v) is 7.40. The van der Waals surface area contributed by atoms with Crippen LogP contribution in [0, 0.1) is 11.8 Å². The SMILES string of the molecule is COC(=O)c1cc(N=O)ccc1C. The standard InChI is InChI=1S/C9H9NO3/c1-6-3-4-7(10-12)5-8(6)9(11)13-2/h3-5H,1-2H3. The topological polar surface area (TPSA) is 55.7 Å². The predicted molar refractivity (Wildman–Crippen MR) is 48.0 cm³/mol. The Morgan fingerprint density at radius 1 is 1.46 bits per heavy atom. The molecule has 0 fully saturated rings. The van der Waals surface area contributed by atoms with E-state index in [2.05, 4.69) is 9.91 Å². The average molecular weight is 179 g/mol. The summed E-state index contributed by atoms with van der Waals surface area (Å²) in [6, 6.07) is 4.62. The van der Waals surface area contributed by atoms with E-state index in [9.17, 15) is 9.70 Å². The minimum absolute atomic E-state index is 0.228. The van der Waals surface area contributed by atoms with Crippen molar-refractivity contribution in [3.8, 4) is 0 Å². The third-order valence-electron chi connectivity index (χ3n) is 1.73. The van der Waals surface area contributed by atoms with Gasteiger partial charge in [0.05, 0.1) is 12.7 Å². The third-order valence-corrected chi connectivity index (χ3v) is 1.73. The maximum absolute atomic E-state index is 11.1. The first-order chi connectivity index (χ1) is 6.19. The van der Waals surface area contributed by atoms with E-state index in [1.807, 2.05) is 0 Å². The molecule has 0 amide bonds. The monoisotopic (exact) mass is 179 g/mol. The Bertz CT molecular complexity index is 347. The zero-order valence-electron chi connectivity index (χ0n) is 7.40. The number of carbonyl (C=O) groups excluding carboxylic acids is 1. The molecule has 1 rings (SSSR count). The number of rotatable bonds is 2. The summed E-state index contributed by atoms with van der Waals surface area (Å²) in [4.78, 5) is 21.3. The molecular weight excluding hydrogens is 170 g/mol. The van der Waals surface area contributed by atoms with Gasteiger partial charge in [-0.25, -0.2) is 4.79 Å². The first kappa shape index (κ1) is 9.38. The minimum Gasteiger partial charge on any atom is -0.465 e. The van der Waals surface area contributed by atoms with Crippen molar-refractivity contribution in [2.24, 2.45) is 5.18 Å². The molecule has 0 aliphatic rings. The Kier molecular flexibility index (Phi) is 2.74. The van der Waals surface area contributed by atoms with Crippen molar-refractivity contribution in [2.45, 2.75) is 6.92 Å². The number of hydrogen-bond acceptors (Lipinski definition) is 4. The van der Waals surface area contributed by atoms with Crippen LogP contribution in [0.4, 0.5) is 5.69 Å². The maximum Gasteiger partial charge on any atom is 0.338 e. The highest BCUT2D eigenvalue weighted by Gasteiger charge is 2.09. The Morgan fingerprint density at radius 3 is 2.69 bits per heavy atom. The van der Waals surface area contributed by atoms with Crippen molar-refractivity contribution < 1.29 is 9.53 Å². The average Bonchev–Trinajstić information content (AvgIpc) is 2.17. The fraction of sp³-hybridized carbons (Fsp3) is 0.222. The van der Waals surface area contributed by atoms with Crippen LogP contribution in [0.5, 0.6) is 0 Å². The van der Waals surface area contributed by atoms with Gasteiger partial charge in [-0.3, -0.25) is 0 Å². The van der Waals surface area contributed by atoms with Crippen LogP contribution in [0.15, 0.2) is 23.4 Å². The first-order valence-electron chi connectivity index (χ1n) is 3.71. The number of ether oxygens (including phenoxy) is 1. The summed E-state index contributed by atoms with van der Waals surface area (Å²) in [5.41, 5.74) is 1.37. The molecule has 4 heteroatoms. The molecule has 0 N–H and O–H groups in total. The summed E-state index contributed by atoms with van der Waals surface area (Å²) in [5, 5.41) is 2.73. The lowest BCUT2D eigenvalue weighted by Crippen LogP contribution is -2.03. The predicted octanol–water partition coefficient (Wildman–Crippen LogP) is 2.18. The van der Waals surface area contributed by atoms with Gasteiger partial charge in [-0.05, 0) is 29.8 Å². The first-order valence-corrected chi connectivity index (χ1v) is 3.71. The number of nitrogens with zero attached hydrogens (tertiary/aromatic N) is 1. The molecule has 0 atom stereocenters. The molecule has 0 saturated carbocycles. The van der Waals surface area contributed by atoms with Gasteiger partial charge in [0.15, 0.2) is 0 Å². The fourth-order valence-corrected chi connectivity index (χ4v) is 0.997. The van der Waals surface area contributed by atoms with Crippen molar-refractivity contribution in [3.63, 3.8) is 0 Å². The van der Waals surface area contributed by atoms with Crippen molar-refractivity contribution in [1.29, 1.82) is 0 Å². The molecule has 0 radical (unpaired) electrons. The normalized spacial score (nSPS) is 9.38. The van der Waals surface area contributed by atoms with Gasteiger partial charge in [-0.15, -0.1) is 4.91 Å². The molecule has 0 heterocycles. The summed E-state index contributed by atoms with van der Waals surface area (Å²) in [5.74, 6) is -0.456. The maximum atomic E-state index is 11.1. The van der Waals surface area contributed by atoms with E-state index < -0.39 is 5.97 Å². The van der Waals surface area contributed by atoms with E-state index in [1.54, 1.807) is 19.1 Å². The molecule has 13 heavy (non-hydrogen) atoms. The van der Waals surface area contributed by atoms with Crippen LogP contribution in [0.2, 0.25) is 0 Å². The van der Waals surface area contributed by atoms with Crippen LogP contribution >= 0.6 is 0 Å². The molecule has 0 aromatic heterocycles. The van der Waals surface area contributed by atoms with Crippen LogP contribution < -0.4 is 0 Å². The second-order valence-electron chi connectivity index (χ2n) is 2.58. The van der Waals surface area contributed by atoms with Gasteiger partial charge in [-0.1, -0.05) is 6.07 Å². The summed E-state index contributed by atoms with van der Waals surface area (Å²) < 4.78 is 4.53. The number of esters is 1. The lowest BCUT2D eigenvalue weighted by molar-refractivity contribution is 0.0600. The summed E-state index contributed by atoms with van der Waals surface area (Å²) in [6.45, 7) is 1.76. The number of methoxy groups -OCH3 is 1. The van der Waals surface area contributed by atoms with Crippen molar-refractivity contribution in [1.82, 2.24) is 0 Å². The van der Waals surface area contributed by atoms with E-state index in [0.717, 1.165) is 5.56 Å². The Hall–Kier alpha value is -1.71. The largest absolute Gasteiger partial charge is 0.465 e. The second kappa shape index (κ2) is 3.80. The highest BCUT2D eigenvalue weighted by molar-refractivity contribution is 5.91. The highest BCUT2D eigenvalue weighted by atomic mass is 16.5. The van der Waals surface area contributed by atoms with Crippen LogP contribution in [0.25, 0.3) is 0 Å². The van der Waals surface area contributed by atoms with Crippen molar-refractivity contribution in [2.75, 3.05) is 7.11 Å². The van der Waals surface area contributed by atoms with Gasteiger partial charge in [0, 0.05) is 0 Å². The van der Waals surface area contributed by atoms with Gasteiger partial charge in [0.25, 0.3) is 0 Å². The Labute approximate surface area is 75.5 Å². The quantitative estimate of drug-likeness (QED) is 0.516. The molecule has 0 bridgehead atoms. The van der Waals surface area contributed by atoms with E-state index in [1.165, 1.54) is 13.2 Å². The van der Waals surface area contributed by atoms with Crippen LogP contribution in [-0.4, -0.2) is 13.1 Å². The molecule has 1 aromatic rings. The van der Waals surface area contributed by atoms with E-state index in [0.29, 0.717) is 5.56 Å². The van der Waals surface area contributed by atoms with Crippen LogP contribution in [0.1, 0.15) is 15.9 Å². The zero-order chi connectivity index (χ0) is 9.84. The van der Waals surface area contributed by atoms with E-state index in [4.69, 9.17) is 0 Å². The third kappa shape index (κ3) is 1.90. The number of hydrogen-bond donors (Lipinski definition) is 0. The number of benzene rings is 1. The molecule has 0 aliphatic carbocycles. The van der Waals surface area contributed by atoms with Gasteiger partial charge in [0.1, 0.15) is 5.69 Å². The highest BCUT2D eigenvalue weighted by Crippen LogP contribution is 2.18. The van der Waals surface area contributed by atoms with Crippen LogP contribution in [-0.2, 0) is 4.74 Å². The molecular formula is C9H9NO3. The van der Waals surface area contributed by atoms with Crippen LogP contribution in [0.3, 0.4) is 0 Å². The molecule has 0 unspecified atom stereocenters. The Balaban J connectivity index is 3.18. The molecule has 0 aliphatic heterocycles. The summed E-state index contributed by atoms with van der Waals surface area (Å²) in [6.07, 6.45) is 0. The van der Waals surface area contributed by atoms with Crippen molar-refractivity contribution in [3.05, 3.63) is 34.2 Å².